The minimum Gasteiger partial charge on any atom is -0.489 e. The number of ether oxygens (including phenoxy) is 1. The van der Waals surface area contributed by atoms with E-state index < -0.39 is 11.4 Å². The molecule has 0 saturated heterocycles. The number of anilines is 3. The number of amides is 1. The Hall–Kier alpha value is -2.95. The van der Waals surface area contributed by atoms with Gasteiger partial charge in [-0.2, -0.15) is 13.2 Å². The Morgan fingerprint density at radius 3 is 2.67 bits per heavy atom. The zero-order chi connectivity index (χ0) is 23.6. The number of fused-ring (bicyclic) bond motifs is 1. The van der Waals surface area contributed by atoms with Crippen LogP contribution < -0.4 is 15.0 Å². The monoisotopic (exact) mass is 495 g/mol. The first-order valence-corrected chi connectivity index (χ1v) is 10.9. The second-order valence-corrected chi connectivity index (χ2v) is 8.53. The van der Waals surface area contributed by atoms with E-state index >= 15 is 0 Å². The van der Waals surface area contributed by atoms with Crippen LogP contribution in [0.5, 0.6) is 5.75 Å². The molecule has 0 radical (unpaired) electrons. The fourth-order valence-electron chi connectivity index (χ4n) is 3.34. The maximum Gasteiger partial charge on any atom is 0.446 e. The fourth-order valence-corrected chi connectivity index (χ4v) is 4.17. The molecule has 0 spiro atoms. The molecule has 11 heteroatoms. The number of aliphatic hydroxyl groups is 1. The number of hydrogen-bond acceptors (Lipinski definition) is 6. The van der Waals surface area contributed by atoms with Crippen LogP contribution in [0.4, 0.5) is 30.4 Å². The topological polar surface area (TPSA) is 74.7 Å². The maximum absolute atomic E-state index is 12.9. The zero-order valence-electron chi connectivity index (χ0n) is 16.9. The Kier molecular flexibility index (Phi) is 6.68. The maximum atomic E-state index is 12.9. The number of para-hydroxylation sites is 1. The quantitative estimate of drug-likeness (QED) is 0.447. The molecule has 2 heterocycles. The minimum absolute atomic E-state index is 0.0214. The fraction of sp³-hybridized carbons (Fsp3) is 0.182. The lowest BCUT2D eigenvalue weighted by Crippen LogP contribution is -2.31. The lowest BCUT2D eigenvalue weighted by Gasteiger charge is -2.32. The van der Waals surface area contributed by atoms with Crippen LogP contribution in [0, 0.1) is 0 Å². The second kappa shape index (κ2) is 9.50. The molecule has 4 rings (SSSR count). The molecule has 1 aromatic heterocycles. The van der Waals surface area contributed by atoms with Crippen LogP contribution in [-0.2, 0) is 6.61 Å². The molecule has 0 bridgehead atoms. The molecule has 33 heavy (non-hydrogen) atoms. The van der Waals surface area contributed by atoms with Gasteiger partial charge in [-0.25, -0.2) is 4.98 Å². The van der Waals surface area contributed by atoms with Crippen molar-refractivity contribution in [3.63, 3.8) is 0 Å². The Morgan fingerprint density at radius 2 is 2.00 bits per heavy atom. The average molecular weight is 496 g/mol. The highest BCUT2D eigenvalue weighted by Crippen LogP contribution is 2.41. The van der Waals surface area contributed by atoms with Crippen molar-refractivity contribution in [3.8, 4) is 5.75 Å². The van der Waals surface area contributed by atoms with Gasteiger partial charge in [0.2, 0.25) is 0 Å². The van der Waals surface area contributed by atoms with E-state index in [1.54, 1.807) is 24.3 Å². The third-order valence-corrected chi connectivity index (χ3v) is 5.77. The van der Waals surface area contributed by atoms with Crippen molar-refractivity contribution in [2.24, 2.45) is 0 Å². The molecule has 1 aliphatic heterocycles. The van der Waals surface area contributed by atoms with Gasteiger partial charge in [0.05, 0.1) is 29.4 Å². The molecule has 1 amide bonds. The van der Waals surface area contributed by atoms with Gasteiger partial charge in [-0.15, -0.1) is 0 Å². The summed E-state index contributed by atoms with van der Waals surface area (Å²) in [7, 11) is 0. The van der Waals surface area contributed by atoms with Crippen LogP contribution in [0.25, 0.3) is 0 Å². The van der Waals surface area contributed by atoms with Gasteiger partial charge in [0.25, 0.3) is 5.91 Å². The highest BCUT2D eigenvalue weighted by molar-refractivity contribution is 8.00. The van der Waals surface area contributed by atoms with Gasteiger partial charge in [-0.3, -0.25) is 4.79 Å². The number of alkyl halides is 3. The normalized spacial score (nSPS) is 13.3. The van der Waals surface area contributed by atoms with E-state index in [0.29, 0.717) is 40.1 Å². The Labute approximate surface area is 196 Å². The second-order valence-electron chi connectivity index (χ2n) is 6.99. The van der Waals surface area contributed by atoms with Crippen molar-refractivity contribution in [2.75, 3.05) is 23.4 Å². The number of aromatic nitrogens is 1. The van der Waals surface area contributed by atoms with Crippen LogP contribution in [0.1, 0.15) is 15.9 Å². The van der Waals surface area contributed by atoms with Crippen molar-refractivity contribution in [2.45, 2.75) is 17.0 Å². The zero-order valence-corrected chi connectivity index (χ0v) is 18.5. The number of aliphatic hydroxyl groups excluding tert-OH is 1. The van der Waals surface area contributed by atoms with Crippen molar-refractivity contribution in [1.29, 1.82) is 0 Å². The molecule has 2 N–H and O–H groups in total. The van der Waals surface area contributed by atoms with Crippen molar-refractivity contribution >= 4 is 46.5 Å². The third-order valence-electron chi connectivity index (χ3n) is 4.75. The van der Waals surface area contributed by atoms with E-state index in [0.717, 1.165) is 0 Å². The standard InChI is InChI=1S/C22H17ClF3N3O3S/c23-17-10-13(12-30)11-27-20(17)29-8-9-32-19-16(2-1-3-18(19)29)21(31)28-14-4-6-15(7-5-14)33-22(24,25)26/h1-7,10-11,30H,8-9,12H2,(H,28,31). The minimum atomic E-state index is -4.38. The smallest absolute Gasteiger partial charge is 0.446 e. The average Bonchev–Trinajstić information content (AvgIpc) is 2.78. The first kappa shape index (κ1) is 23.2. The van der Waals surface area contributed by atoms with Gasteiger partial charge >= 0.3 is 5.51 Å². The summed E-state index contributed by atoms with van der Waals surface area (Å²) < 4.78 is 43.3. The molecule has 0 aliphatic carbocycles. The van der Waals surface area contributed by atoms with Gasteiger partial charge < -0.3 is 20.1 Å². The van der Waals surface area contributed by atoms with E-state index in [4.69, 9.17) is 16.3 Å². The van der Waals surface area contributed by atoms with Crippen LogP contribution in [0.2, 0.25) is 5.02 Å². The number of carbonyl (C=O) groups excluding carboxylic acids is 1. The molecule has 2 aromatic carbocycles. The molecule has 6 nitrogen and oxygen atoms in total. The third kappa shape index (κ3) is 5.35. The summed E-state index contributed by atoms with van der Waals surface area (Å²) >= 11 is 6.14. The van der Waals surface area contributed by atoms with Gasteiger partial charge in [-0.1, -0.05) is 17.7 Å². The summed E-state index contributed by atoms with van der Waals surface area (Å²) in [5.41, 5.74) is -2.61. The number of benzene rings is 2. The van der Waals surface area contributed by atoms with Gasteiger partial charge in [-0.05, 0) is 59.8 Å². The first-order chi connectivity index (χ1) is 15.7. The summed E-state index contributed by atoms with van der Waals surface area (Å²) in [5, 5.41) is 12.3. The first-order valence-electron chi connectivity index (χ1n) is 9.71. The number of pyridine rings is 1. The Bertz CT molecular complexity index is 1180. The van der Waals surface area contributed by atoms with E-state index in [9.17, 15) is 23.1 Å². The van der Waals surface area contributed by atoms with Crippen molar-refractivity contribution < 1.29 is 27.8 Å². The number of halogens is 4. The molecule has 0 unspecified atom stereocenters. The van der Waals surface area contributed by atoms with Gasteiger partial charge in [0.15, 0.2) is 11.6 Å². The number of carbonyl (C=O) groups is 1. The largest absolute Gasteiger partial charge is 0.489 e. The number of nitrogens with one attached hydrogen (secondary N) is 1. The molecule has 0 saturated carbocycles. The number of thioether (sulfide) groups is 1. The van der Waals surface area contributed by atoms with Gasteiger partial charge in [0.1, 0.15) is 6.61 Å². The summed E-state index contributed by atoms with van der Waals surface area (Å²) in [4.78, 5) is 19.1. The molecular formula is C22H17ClF3N3O3S. The predicted octanol–water partition coefficient (Wildman–Crippen LogP) is 5.62. The van der Waals surface area contributed by atoms with Crippen molar-refractivity contribution in [1.82, 2.24) is 4.98 Å². The van der Waals surface area contributed by atoms with Crippen LogP contribution in [-0.4, -0.2) is 34.7 Å². The summed E-state index contributed by atoms with van der Waals surface area (Å²) in [6.07, 6.45) is 1.52. The summed E-state index contributed by atoms with van der Waals surface area (Å²) in [6.45, 7) is 0.537. The molecular weight excluding hydrogens is 479 g/mol. The summed E-state index contributed by atoms with van der Waals surface area (Å²) in [6, 6.07) is 12.1. The van der Waals surface area contributed by atoms with Crippen LogP contribution in [0.15, 0.2) is 59.6 Å². The predicted molar refractivity (Wildman–Crippen MR) is 120 cm³/mol. The molecule has 0 fully saturated rings. The van der Waals surface area contributed by atoms with Gasteiger partial charge in [0, 0.05) is 16.8 Å². The lowest BCUT2D eigenvalue weighted by molar-refractivity contribution is -0.0328. The van der Waals surface area contributed by atoms with Crippen LogP contribution in [0.3, 0.4) is 0 Å². The lowest BCUT2D eigenvalue weighted by atomic mass is 10.1. The SMILES string of the molecule is O=C(Nc1ccc(SC(F)(F)F)cc1)c1cccc2c1OCCN2c1ncc(CO)cc1Cl. The molecule has 3 aromatic rings. The Balaban J connectivity index is 1.58. The molecule has 1 aliphatic rings. The molecule has 172 valence electrons. The van der Waals surface area contributed by atoms with Crippen molar-refractivity contribution in [3.05, 3.63) is 70.9 Å². The van der Waals surface area contributed by atoms with E-state index in [1.165, 1.54) is 30.5 Å². The van der Waals surface area contributed by atoms with E-state index in [1.807, 2.05) is 4.90 Å². The van der Waals surface area contributed by atoms with E-state index in [2.05, 4.69) is 10.3 Å². The Morgan fingerprint density at radius 1 is 1.24 bits per heavy atom. The molecule has 0 atom stereocenters. The van der Waals surface area contributed by atoms with Crippen LogP contribution >= 0.6 is 23.4 Å². The highest BCUT2D eigenvalue weighted by atomic mass is 35.5. The number of nitrogens with zero attached hydrogens (tertiary/aromatic N) is 2. The number of hydrogen-bond donors (Lipinski definition) is 2. The highest BCUT2D eigenvalue weighted by Gasteiger charge is 2.29. The number of rotatable bonds is 5. The summed E-state index contributed by atoms with van der Waals surface area (Å²) in [5.74, 6) is 0.336. The van der Waals surface area contributed by atoms with E-state index in [-0.39, 0.29) is 35.4 Å².